The Morgan fingerprint density at radius 3 is 2.67 bits per heavy atom. The summed E-state index contributed by atoms with van der Waals surface area (Å²) in [5, 5.41) is 9.59. The molecular weight excluding hydrogens is 405 g/mol. The molecule has 2 rings (SSSR count). The number of benzene rings is 1. The van der Waals surface area contributed by atoms with Gasteiger partial charge in [-0.3, -0.25) is 9.89 Å². The molecule has 21 heavy (non-hydrogen) atoms. The number of rotatable bonds is 4. The second-order valence-corrected chi connectivity index (χ2v) is 6.62. The van der Waals surface area contributed by atoms with Crippen LogP contribution in [-0.2, 0) is 6.54 Å². The number of amides is 1. The van der Waals surface area contributed by atoms with Crippen molar-refractivity contribution in [3.05, 3.63) is 49.9 Å². The Morgan fingerprint density at radius 2 is 2.10 bits per heavy atom. The molecule has 0 bridgehead atoms. The van der Waals surface area contributed by atoms with Crippen molar-refractivity contribution in [3.8, 4) is 0 Å². The zero-order valence-corrected chi connectivity index (χ0v) is 14.7. The molecule has 4 nitrogen and oxygen atoms in total. The second kappa shape index (κ2) is 6.70. The summed E-state index contributed by atoms with van der Waals surface area (Å²) in [5.41, 5.74) is 1.84. The zero-order valence-electron chi connectivity index (χ0n) is 11.5. The van der Waals surface area contributed by atoms with Gasteiger partial charge in [-0.05, 0) is 45.6 Å². The van der Waals surface area contributed by atoms with Crippen molar-refractivity contribution in [3.63, 3.8) is 0 Å². The van der Waals surface area contributed by atoms with Gasteiger partial charge in [0.15, 0.2) is 5.69 Å². The second-order valence-electron chi connectivity index (χ2n) is 4.91. The summed E-state index contributed by atoms with van der Waals surface area (Å²) in [4.78, 5) is 12.1. The van der Waals surface area contributed by atoms with Gasteiger partial charge < -0.3 is 5.32 Å². The third-order valence-corrected chi connectivity index (χ3v) is 4.16. The van der Waals surface area contributed by atoms with Crippen molar-refractivity contribution in [2.45, 2.75) is 26.3 Å². The number of nitrogens with one attached hydrogen (secondary N) is 2. The summed E-state index contributed by atoms with van der Waals surface area (Å²) in [6.45, 7) is 4.24. The number of hydrogen-bond donors (Lipinski definition) is 2. The molecule has 1 aromatic carbocycles. The SMILES string of the molecule is CC(C)c1[nH]nc(C(=O)NCc2cc(F)cc(Br)c2)c1Br. The normalized spacial score (nSPS) is 11.0. The first-order chi connectivity index (χ1) is 9.88. The largest absolute Gasteiger partial charge is 0.347 e. The Kier molecular flexibility index (Phi) is 5.16. The first-order valence-electron chi connectivity index (χ1n) is 6.35. The van der Waals surface area contributed by atoms with E-state index in [0.717, 1.165) is 5.69 Å². The Hall–Kier alpha value is -1.21. The van der Waals surface area contributed by atoms with Crippen LogP contribution in [0.4, 0.5) is 4.39 Å². The van der Waals surface area contributed by atoms with Crippen LogP contribution in [0.25, 0.3) is 0 Å². The lowest BCUT2D eigenvalue weighted by molar-refractivity contribution is 0.0945. The van der Waals surface area contributed by atoms with Gasteiger partial charge in [-0.15, -0.1) is 0 Å². The molecule has 0 aliphatic rings. The number of aromatic amines is 1. The van der Waals surface area contributed by atoms with Crippen molar-refractivity contribution in [1.29, 1.82) is 0 Å². The molecule has 1 amide bonds. The first-order valence-corrected chi connectivity index (χ1v) is 7.94. The molecule has 0 aliphatic carbocycles. The predicted octanol–water partition coefficient (Wildman–Crippen LogP) is 4.13. The van der Waals surface area contributed by atoms with E-state index in [1.165, 1.54) is 12.1 Å². The van der Waals surface area contributed by atoms with Crippen LogP contribution in [0.5, 0.6) is 0 Å². The van der Waals surface area contributed by atoms with Crippen LogP contribution < -0.4 is 5.32 Å². The Bertz CT molecular complexity index is 650. The minimum atomic E-state index is -0.350. The number of nitrogens with zero attached hydrogens (tertiary/aromatic N) is 1. The minimum Gasteiger partial charge on any atom is -0.347 e. The van der Waals surface area contributed by atoms with E-state index in [1.54, 1.807) is 6.07 Å². The molecular formula is C14H14Br2FN3O. The van der Waals surface area contributed by atoms with E-state index in [1.807, 2.05) is 13.8 Å². The minimum absolute atomic E-state index is 0.228. The Balaban J connectivity index is 2.08. The lowest BCUT2D eigenvalue weighted by atomic mass is 10.1. The summed E-state index contributed by atoms with van der Waals surface area (Å²) in [6.07, 6.45) is 0. The lowest BCUT2D eigenvalue weighted by Crippen LogP contribution is -2.23. The van der Waals surface area contributed by atoms with Gasteiger partial charge in [0.25, 0.3) is 5.91 Å². The van der Waals surface area contributed by atoms with Gasteiger partial charge in [0.2, 0.25) is 0 Å². The molecule has 0 radical (unpaired) electrons. The van der Waals surface area contributed by atoms with Gasteiger partial charge in [0, 0.05) is 11.0 Å². The predicted molar refractivity (Wildman–Crippen MR) is 85.6 cm³/mol. The summed E-state index contributed by atoms with van der Waals surface area (Å²) in [5.74, 6) is -0.435. The molecule has 0 aliphatic heterocycles. The highest BCUT2D eigenvalue weighted by atomic mass is 79.9. The van der Waals surface area contributed by atoms with E-state index < -0.39 is 0 Å². The van der Waals surface area contributed by atoms with Crippen LogP contribution in [0.15, 0.2) is 27.1 Å². The smallest absolute Gasteiger partial charge is 0.273 e. The van der Waals surface area contributed by atoms with Gasteiger partial charge in [-0.1, -0.05) is 29.8 Å². The number of carbonyl (C=O) groups excluding carboxylic acids is 1. The molecule has 1 heterocycles. The highest BCUT2D eigenvalue weighted by Crippen LogP contribution is 2.25. The van der Waals surface area contributed by atoms with Crippen molar-refractivity contribution < 1.29 is 9.18 Å². The molecule has 7 heteroatoms. The average Bonchev–Trinajstić information content (AvgIpc) is 2.77. The number of aromatic nitrogens is 2. The van der Waals surface area contributed by atoms with E-state index in [9.17, 15) is 9.18 Å². The standard InChI is InChI=1S/C14H14Br2FN3O/c1-7(2)12-11(16)13(20-19-12)14(21)18-6-8-3-9(15)5-10(17)4-8/h3-5,7H,6H2,1-2H3,(H,18,21)(H,19,20). The fourth-order valence-corrected chi connectivity index (χ4v) is 3.18. The molecule has 2 aromatic rings. The lowest BCUT2D eigenvalue weighted by Gasteiger charge is -2.05. The van der Waals surface area contributed by atoms with Gasteiger partial charge >= 0.3 is 0 Å². The third-order valence-electron chi connectivity index (χ3n) is 2.90. The summed E-state index contributed by atoms with van der Waals surface area (Å²) < 4.78 is 14.6. The zero-order chi connectivity index (χ0) is 15.6. The Labute approximate surface area is 138 Å². The molecule has 1 aromatic heterocycles. The van der Waals surface area contributed by atoms with Gasteiger partial charge in [-0.2, -0.15) is 5.10 Å². The van der Waals surface area contributed by atoms with Crippen LogP contribution in [0, 0.1) is 5.82 Å². The summed E-state index contributed by atoms with van der Waals surface area (Å²) in [6, 6.07) is 4.50. The van der Waals surface area contributed by atoms with E-state index in [-0.39, 0.29) is 24.2 Å². The molecule has 0 saturated heterocycles. The maximum Gasteiger partial charge on any atom is 0.273 e. The maximum absolute atomic E-state index is 13.3. The first kappa shape index (κ1) is 16.2. The van der Waals surface area contributed by atoms with Crippen molar-refractivity contribution in [2.75, 3.05) is 0 Å². The van der Waals surface area contributed by atoms with Crippen molar-refractivity contribution >= 4 is 37.8 Å². The van der Waals surface area contributed by atoms with E-state index in [2.05, 4.69) is 47.4 Å². The quantitative estimate of drug-likeness (QED) is 0.784. The van der Waals surface area contributed by atoms with Gasteiger partial charge in [0.05, 0.1) is 10.2 Å². The van der Waals surface area contributed by atoms with Crippen LogP contribution in [0.1, 0.15) is 41.5 Å². The van der Waals surface area contributed by atoms with Crippen LogP contribution in [-0.4, -0.2) is 16.1 Å². The molecule has 0 unspecified atom stereocenters. The number of carbonyl (C=O) groups is 1. The van der Waals surface area contributed by atoms with Crippen LogP contribution in [0.3, 0.4) is 0 Å². The molecule has 0 spiro atoms. The number of hydrogen-bond acceptors (Lipinski definition) is 2. The number of halogens is 3. The molecule has 2 N–H and O–H groups in total. The fourth-order valence-electron chi connectivity index (χ4n) is 1.85. The van der Waals surface area contributed by atoms with E-state index in [4.69, 9.17) is 0 Å². The monoisotopic (exact) mass is 417 g/mol. The maximum atomic E-state index is 13.3. The number of H-pyrrole nitrogens is 1. The van der Waals surface area contributed by atoms with Crippen molar-refractivity contribution in [1.82, 2.24) is 15.5 Å². The molecule has 112 valence electrons. The third kappa shape index (κ3) is 3.91. The highest BCUT2D eigenvalue weighted by molar-refractivity contribution is 9.10. The highest BCUT2D eigenvalue weighted by Gasteiger charge is 2.19. The fraction of sp³-hybridized carbons (Fsp3) is 0.286. The average molecular weight is 419 g/mol. The van der Waals surface area contributed by atoms with Crippen molar-refractivity contribution in [2.24, 2.45) is 0 Å². The molecule has 0 fully saturated rings. The van der Waals surface area contributed by atoms with E-state index in [0.29, 0.717) is 20.2 Å². The van der Waals surface area contributed by atoms with Gasteiger partial charge in [0.1, 0.15) is 5.82 Å². The summed E-state index contributed by atoms with van der Waals surface area (Å²) >= 11 is 6.60. The van der Waals surface area contributed by atoms with Crippen LogP contribution in [0.2, 0.25) is 0 Å². The molecule has 0 saturated carbocycles. The molecule has 0 atom stereocenters. The topological polar surface area (TPSA) is 57.8 Å². The van der Waals surface area contributed by atoms with E-state index >= 15 is 0 Å². The summed E-state index contributed by atoms with van der Waals surface area (Å²) in [7, 11) is 0. The van der Waals surface area contributed by atoms with Gasteiger partial charge in [-0.25, -0.2) is 4.39 Å². The Morgan fingerprint density at radius 1 is 1.38 bits per heavy atom. The van der Waals surface area contributed by atoms with Crippen LogP contribution >= 0.6 is 31.9 Å².